The van der Waals surface area contributed by atoms with Crippen LogP contribution in [0.2, 0.25) is 0 Å². The highest BCUT2D eigenvalue weighted by Crippen LogP contribution is 2.56. The van der Waals surface area contributed by atoms with Crippen LogP contribution in [0.5, 0.6) is 0 Å². The number of carbonyl (C=O) groups excluding carboxylic acids is 4. The molecule has 3 heterocycles. The monoisotopic (exact) mass is 590 g/mol. The van der Waals surface area contributed by atoms with Gasteiger partial charge >= 0.3 is 17.9 Å². The van der Waals surface area contributed by atoms with Crippen molar-refractivity contribution >= 4 is 23.8 Å². The molecule has 0 aliphatic carbocycles. The summed E-state index contributed by atoms with van der Waals surface area (Å²) in [6.07, 6.45) is 5.67. The summed E-state index contributed by atoms with van der Waals surface area (Å²) in [6.45, 7) is -1.05. The standard InChI is InChI=1S/C30H30N4O9/c1-41-26(35)24(27(36)42-2)25(21-12-8-14-32-16-21)33-17-22(19-9-5-4-6-10-19)30(28(33)37,29(38)43-3)23(18-34(39)40)20-11-7-13-31-15-20/h4-16,22-25H,17-18H2,1-3H3. The van der Waals surface area contributed by atoms with Gasteiger partial charge in [-0.15, -0.1) is 0 Å². The van der Waals surface area contributed by atoms with Crippen molar-refractivity contribution in [3.63, 3.8) is 0 Å². The van der Waals surface area contributed by atoms with Gasteiger partial charge in [0.25, 0.3) is 0 Å². The van der Waals surface area contributed by atoms with Gasteiger partial charge in [0.1, 0.15) is 0 Å². The molecule has 1 amide bonds. The van der Waals surface area contributed by atoms with Gasteiger partial charge in [0.15, 0.2) is 11.3 Å². The van der Waals surface area contributed by atoms with E-state index in [0.717, 1.165) is 21.3 Å². The lowest BCUT2D eigenvalue weighted by Gasteiger charge is -2.36. The van der Waals surface area contributed by atoms with Crippen molar-refractivity contribution in [3.05, 3.63) is 106 Å². The number of rotatable bonds is 11. The molecule has 13 heteroatoms. The second kappa shape index (κ2) is 13.2. The molecule has 4 unspecified atom stereocenters. The third kappa shape index (κ3) is 5.65. The van der Waals surface area contributed by atoms with Gasteiger partial charge in [-0.3, -0.25) is 39.3 Å². The maximum Gasteiger partial charge on any atom is 0.323 e. The average Bonchev–Trinajstić information content (AvgIpc) is 3.35. The van der Waals surface area contributed by atoms with Crippen molar-refractivity contribution in [2.24, 2.45) is 11.3 Å². The molecule has 4 rings (SSSR count). The molecule has 4 atom stereocenters. The summed E-state index contributed by atoms with van der Waals surface area (Å²) in [5.41, 5.74) is -1.16. The van der Waals surface area contributed by atoms with Crippen molar-refractivity contribution < 1.29 is 38.3 Å². The van der Waals surface area contributed by atoms with Crippen LogP contribution in [0.4, 0.5) is 0 Å². The molecule has 1 aliphatic heterocycles. The third-order valence-corrected chi connectivity index (χ3v) is 7.82. The predicted molar refractivity (Wildman–Crippen MR) is 149 cm³/mol. The Balaban J connectivity index is 2.06. The largest absolute Gasteiger partial charge is 0.468 e. The topological polar surface area (TPSA) is 168 Å². The van der Waals surface area contributed by atoms with Crippen molar-refractivity contribution in [3.8, 4) is 0 Å². The number of likely N-dealkylation sites (tertiary alicyclic amines) is 1. The fourth-order valence-corrected chi connectivity index (χ4v) is 5.99. The molecule has 0 spiro atoms. The highest BCUT2D eigenvalue weighted by atomic mass is 16.6. The van der Waals surface area contributed by atoms with Gasteiger partial charge in [0, 0.05) is 42.2 Å². The van der Waals surface area contributed by atoms with Crippen LogP contribution in [0.15, 0.2) is 79.4 Å². The summed E-state index contributed by atoms with van der Waals surface area (Å²) in [4.78, 5) is 76.2. The first-order chi connectivity index (χ1) is 20.7. The maximum absolute atomic E-state index is 15.0. The van der Waals surface area contributed by atoms with Crippen LogP contribution in [-0.4, -0.2) is 78.0 Å². The van der Waals surface area contributed by atoms with Crippen LogP contribution in [-0.2, 0) is 33.4 Å². The normalized spacial score (nSPS) is 19.4. The van der Waals surface area contributed by atoms with E-state index in [0.29, 0.717) is 5.56 Å². The molecular weight excluding hydrogens is 560 g/mol. The summed E-state index contributed by atoms with van der Waals surface area (Å²) >= 11 is 0. The SMILES string of the molecule is COC(=O)C(C(=O)OC)C(c1cccnc1)N1CC(c2ccccc2)C(C(=O)OC)(C(C[N+](=O)[O-])c2cccnc2)C1=O. The van der Waals surface area contributed by atoms with Gasteiger partial charge in [-0.2, -0.15) is 0 Å². The van der Waals surface area contributed by atoms with E-state index in [1.54, 1.807) is 54.6 Å². The lowest BCUT2D eigenvalue weighted by molar-refractivity contribution is -0.485. The quantitative estimate of drug-likeness (QED) is 0.106. The molecule has 2 aromatic heterocycles. The maximum atomic E-state index is 15.0. The summed E-state index contributed by atoms with van der Waals surface area (Å²) in [6, 6.07) is 13.4. The predicted octanol–water partition coefficient (Wildman–Crippen LogP) is 2.33. The van der Waals surface area contributed by atoms with Crippen LogP contribution >= 0.6 is 0 Å². The lowest BCUT2D eigenvalue weighted by atomic mass is 9.63. The summed E-state index contributed by atoms with van der Waals surface area (Å²) < 4.78 is 15.1. The molecular formula is C30H30N4O9. The second-order valence-corrected chi connectivity index (χ2v) is 9.89. The van der Waals surface area contributed by atoms with Crippen molar-refractivity contribution in [2.45, 2.75) is 17.9 Å². The Kier molecular flexibility index (Phi) is 9.43. The summed E-state index contributed by atoms with van der Waals surface area (Å²) in [5, 5.41) is 12.1. The molecule has 0 radical (unpaired) electrons. The third-order valence-electron chi connectivity index (χ3n) is 7.82. The van der Waals surface area contributed by atoms with E-state index in [1.165, 1.54) is 29.7 Å². The number of benzene rings is 1. The van der Waals surface area contributed by atoms with Crippen molar-refractivity contribution in [1.29, 1.82) is 0 Å². The minimum absolute atomic E-state index is 0.226. The Hall–Kier alpha value is -5.20. The number of amides is 1. The van der Waals surface area contributed by atoms with Crippen LogP contribution < -0.4 is 0 Å². The van der Waals surface area contributed by atoms with E-state index in [1.807, 2.05) is 0 Å². The molecule has 3 aromatic rings. The number of aromatic nitrogens is 2. The first-order valence-electron chi connectivity index (χ1n) is 13.2. The number of pyridine rings is 2. The number of hydrogen-bond donors (Lipinski definition) is 0. The minimum atomic E-state index is -2.20. The molecule has 1 aromatic carbocycles. The number of nitro groups is 1. The highest BCUT2D eigenvalue weighted by Gasteiger charge is 2.68. The average molecular weight is 591 g/mol. The minimum Gasteiger partial charge on any atom is -0.468 e. The van der Waals surface area contributed by atoms with Gasteiger partial charge in [0.2, 0.25) is 12.5 Å². The molecule has 0 bridgehead atoms. The van der Waals surface area contributed by atoms with Crippen LogP contribution in [0.25, 0.3) is 0 Å². The fraction of sp³-hybridized carbons (Fsp3) is 0.333. The molecule has 1 saturated heterocycles. The Morgan fingerprint density at radius 1 is 0.930 bits per heavy atom. The van der Waals surface area contributed by atoms with Crippen molar-refractivity contribution in [2.75, 3.05) is 34.4 Å². The summed E-state index contributed by atoms with van der Waals surface area (Å²) in [7, 11) is 3.27. The van der Waals surface area contributed by atoms with Crippen LogP contribution in [0, 0.1) is 21.4 Å². The van der Waals surface area contributed by atoms with E-state index in [9.17, 15) is 24.5 Å². The van der Waals surface area contributed by atoms with Gasteiger partial charge < -0.3 is 19.1 Å². The number of nitrogens with zero attached hydrogens (tertiary/aromatic N) is 4. The number of esters is 3. The van der Waals surface area contributed by atoms with Crippen LogP contribution in [0.1, 0.15) is 34.6 Å². The lowest BCUT2D eigenvalue weighted by Crippen LogP contribution is -2.51. The smallest absolute Gasteiger partial charge is 0.323 e. The van der Waals surface area contributed by atoms with Gasteiger partial charge in [-0.1, -0.05) is 42.5 Å². The van der Waals surface area contributed by atoms with Crippen LogP contribution in [0.3, 0.4) is 0 Å². The molecule has 0 N–H and O–H groups in total. The molecule has 13 nitrogen and oxygen atoms in total. The van der Waals surface area contributed by atoms with E-state index >= 15 is 4.79 Å². The summed E-state index contributed by atoms with van der Waals surface area (Å²) in [5.74, 6) is -7.92. The molecule has 224 valence electrons. The number of methoxy groups -OCH3 is 3. The molecule has 43 heavy (non-hydrogen) atoms. The van der Waals surface area contributed by atoms with Gasteiger partial charge in [0.05, 0.1) is 33.3 Å². The molecule has 1 fully saturated rings. The van der Waals surface area contributed by atoms with E-state index in [2.05, 4.69) is 9.97 Å². The first kappa shape index (κ1) is 30.8. The first-order valence-corrected chi connectivity index (χ1v) is 13.2. The Morgan fingerprint density at radius 3 is 2.00 bits per heavy atom. The zero-order chi connectivity index (χ0) is 31.1. The van der Waals surface area contributed by atoms with E-state index in [-0.39, 0.29) is 17.7 Å². The molecule has 1 aliphatic rings. The Labute approximate surface area is 246 Å². The van der Waals surface area contributed by atoms with Gasteiger partial charge in [-0.25, -0.2) is 0 Å². The van der Waals surface area contributed by atoms with E-state index in [4.69, 9.17) is 14.2 Å². The number of hydrogen-bond acceptors (Lipinski definition) is 11. The zero-order valence-corrected chi connectivity index (χ0v) is 23.7. The Bertz CT molecular complexity index is 1460. The second-order valence-electron chi connectivity index (χ2n) is 9.89. The van der Waals surface area contributed by atoms with E-state index < -0.39 is 64.5 Å². The number of carbonyl (C=O) groups is 4. The fourth-order valence-electron chi connectivity index (χ4n) is 5.99. The van der Waals surface area contributed by atoms with Gasteiger partial charge in [-0.05, 0) is 28.8 Å². The van der Waals surface area contributed by atoms with Crippen molar-refractivity contribution in [1.82, 2.24) is 14.9 Å². The zero-order valence-electron chi connectivity index (χ0n) is 23.7. The number of ether oxygens (including phenoxy) is 3. The highest BCUT2D eigenvalue weighted by molar-refractivity contribution is 6.07. The molecule has 0 saturated carbocycles. The Morgan fingerprint density at radius 2 is 1.51 bits per heavy atom.